The maximum absolute atomic E-state index is 10.7. The van der Waals surface area contributed by atoms with Crippen molar-refractivity contribution in [1.82, 2.24) is 14.8 Å². The molecule has 6 heteroatoms. The van der Waals surface area contributed by atoms with Gasteiger partial charge in [-0.25, -0.2) is 9.48 Å². The fourth-order valence-electron chi connectivity index (χ4n) is 1.11. The summed E-state index contributed by atoms with van der Waals surface area (Å²) in [7, 11) is 0. The third-order valence-electron chi connectivity index (χ3n) is 1.79. The quantitative estimate of drug-likeness (QED) is 0.840. The van der Waals surface area contributed by atoms with Crippen molar-refractivity contribution in [2.24, 2.45) is 0 Å². The number of carbonyl (C=O) groups is 1. The van der Waals surface area contributed by atoms with E-state index < -0.39 is 5.97 Å². The van der Waals surface area contributed by atoms with E-state index in [1.807, 2.05) is 0 Å². The summed E-state index contributed by atoms with van der Waals surface area (Å²) in [5.74, 6) is -1.03. The predicted octanol–water partition coefficient (Wildman–Crippen LogP) is 1.62. The Morgan fingerprint density at radius 1 is 1.40 bits per heavy atom. The van der Waals surface area contributed by atoms with Crippen LogP contribution in [0.5, 0.6) is 0 Å². The zero-order valence-electron chi connectivity index (χ0n) is 7.46. The molecule has 0 amide bonds. The average molecular weight is 224 g/mol. The van der Waals surface area contributed by atoms with Crippen molar-refractivity contribution in [3.63, 3.8) is 0 Å². The SMILES string of the molecule is O=C(O)c1cncc(-n2cc(Cl)cn2)c1. The Morgan fingerprint density at radius 2 is 2.20 bits per heavy atom. The first-order valence-electron chi connectivity index (χ1n) is 4.06. The summed E-state index contributed by atoms with van der Waals surface area (Å²) in [6.07, 6.45) is 5.83. The molecule has 0 aliphatic rings. The maximum atomic E-state index is 10.7. The molecule has 0 bridgehead atoms. The molecule has 76 valence electrons. The lowest BCUT2D eigenvalue weighted by molar-refractivity contribution is 0.0696. The molecule has 2 rings (SSSR count). The van der Waals surface area contributed by atoms with Crippen LogP contribution >= 0.6 is 11.6 Å². The third-order valence-corrected chi connectivity index (χ3v) is 1.98. The van der Waals surface area contributed by atoms with Gasteiger partial charge in [0.25, 0.3) is 0 Å². The van der Waals surface area contributed by atoms with Crippen LogP contribution < -0.4 is 0 Å². The highest BCUT2D eigenvalue weighted by molar-refractivity contribution is 6.30. The first-order valence-corrected chi connectivity index (χ1v) is 4.43. The third kappa shape index (κ3) is 1.97. The molecule has 2 aromatic heterocycles. The number of carboxylic acid groups (broad SMARTS) is 1. The van der Waals surface area contributed by atoms with Crippen molar-refractivity contribution in [1.29, 1.82) is 0 Å². The Bertz CT molecular complexity index is 510. The number of hydrogen-bond acceptors (Lipinski definition) is 3. The van der Waals surface area contributed by atoms with Crippen molar-refractivity contribution >= 4 is 17.6 Å². The molecule has 0 atom stereocenters. The number of aromatic nitrogens is 3. The van der Waals surface area contributed by atoms with Gasteiger partial charge < -0.3 is 5.11 Å². The van der Waals surface area contributed by atoms with Crippen LogP contribution in [0.3, 0.4) is 0 Å². The molecule has 1 N–H and O–H groups in total. The number of carboxylic acids is 1. The van der Waals surface area contributed by atoms with Crippen LogP contribution in [0.1, 0.15) is 10.4 Å². The summed E-state index contributed by atoms with van der Waals surface area (Å²) in [6.45, 7) is 0. The monoisotopic (exact) mass is 223 g/mol. The molecule has 0 saturated heterocycles. The van der Waals surface area contributed by atoms with Crippen LogP contribution in [0.25, 0.3) is 5.69 Å². The predicted molar refractivity (Wildman–Crippen MR) is 53.3 cm³/mol. The summed E-state index contributed by atoms with van der Waals surface area (Å²) < 4.78 is 1.46. The van der Waals surface area contributed by atoms with Crippen molar-refractivity contribution in [2.45, 2.75) is 0 Å². The van der Waals surface area contributed by atoms with Crippen molar-refractivity contribution < 1.29 is 9.90 Å². The average Bonchev–Trinajstić information content (AvgIpc) is 2.65. The molecule has 2 aromatic rings. The summed E-state index contributed by atoms with van der Waals surface area (Å²) in [5, 5.41) is 13.2. The second kappa shape index (κ2) is 3.70. The first-order chi connectivity index (χ1) is 7.16. The van der Waals surface area contributed by atoms with Crippen molar-refractivity contribution in [3.8, 4) is 5.69 Å². The Balaban J connectivity index is 2.45. The Labute approximate surface area is 89.9 Å². The maximum Gasteiger partial charge on any atom is 0.337 e. The van der Waals surface area contributed by atoms with E-state index in [1.165, 1.54) is 29.3 Å². The standard InChI is InChI=1S/C9H6ClN3O2/c10-7-3-12-13(5-7)8-1-6(9(14)15)2-11-4-8/h1-5H,(H,14,15). The number of rotatable bonds is 2. The lowest BCUT2D eigenvalue weighted by Crippen LogP contribution is -2.01. The fraction of sp³-hybridized carbons (Fsp3) is 0. The fourth-order valence-corrected chi connectivity index (χ4v) is 1.25. The summed E-state index contributed by atoms with van der Waals surface area (Å²) >= 11 is 5.69. The van der Waals surface area contributed by atoms with Crippen LogP contribution in [-0.4, -0.2) is 25.8 Å². The highest BCUT2D eigenvalue weighted by Gasteiger charge is 2.05. The number of pyridine rings is 1. The lowest BCUT2D eigenvalue weighted by Gasteiger charge is -2.00. The molecule has 2 heterocycles. The van der Waals surface area contributed by atoms with E-state index in [0.717, 1.165) is 0 Å². The molecule has 0 spiro atoms. The second-order valence-electron chi connectivity index (χ2n) is 2.84. The van der Waals surface area contributed by atoms with Crippen LogP contribution in [-0.2, 0) is 0 Å². The van der Waals surface area contributed by atoms with Crippen LogP contribution in [0.15, 0.2) is 30.9 Å². The van der Waals surface area contributed by atoms with E-state index in [4.69, 9.17) is 16.7 Å². The van der Waals surface area contributed by atoms with Gasteiger partial charge in [-0.3, -0.25) is 4.98 Å². The molecular weight excluding hydrogens is 218 g/mol. The Kier molecular flexibility index (Phi) is 2.39. The highest BCUT2D eigenvalue weighted by Crippen LogP contribution is 2.12. The minimum Gasteiger partial charge on any atom is -0.478 e. The van der Waals surface area contributed by atoms with Gasteiger partial charge in [-0.1, -0.05) is 11.6 Å². The minimum atomic E-state index is -1.03. The van der Waals surface area contributed by atoms with E-state index in [-0.39, 0.29) is 5.56 Å². The smallest absolute Gasteiger partial charge is 0.337 e. The number of aromatic carboxylic acids is 1. The topological polar surface area (TPSA) is 68.0 Å². The van der Waals surface area contributed by atoms with Gasteiger partial charge in [-0.2, -0.15) is 5.10 Å². The van der Waals surface area contributed by atoms with Crippen molar-refractivity contribution in [3.05, 3.63) is 41.4 Å². The molecule has 5 nitrogen and oxygen atoms in total. The van der Waals surface area contributed by atoms with E-state index in [2.05, 4.69) is 10.1 Å². The minimum absolute atomic E-state index is 0.110. The van der Waals surface area contributed by atoms with Gasteiger partial charge >= 0.3 is 5.97 Å². The summed E-state index contributed by atoms with van der Waals surface area (Å²) in [4.78, 5) is 14.5. The Hall–Kier alpha value is -1.88. The highest BCUT2D eigenvalue weighted by atomic mass is 35.5. The van der Waals surface area contributed by atoms with Crippen LogP contribution in [0.2, 0.25) is 5.02 Å². The number of hydrogen-bond donors (Lipinski definition) is 1. The summed E-state index contributed by atoms with van der Waals surface area (Å²) in [6, 6.07) is 1.47. The lowest BCUT2D eigenvalue weighted by atomic mass is 10.3. The molecule has 15 heavy (non-hydrogen) atoms. The zero-order chi connectivity index (χ0) is 10.8. The molecule has 0 radical (unpaired) electrons. The molecule has 0 aliphatic carbocycles. The molecular formula is C9H6ClN3O2. The Morgan fingerprint density at radius 3 is 2.80 bits per heavy atom. The van der Waals surface area contributed by atoms with Gasteiger partial charge in [0, 0.05) is 12.4 Å². The molecule has 0 saturated carbocycles. The van der Waals surface area contributed by atoms with E-state index >= 15 is 0 Å². The molecule has 0 aliphatic heterocycles. The zero-order valence-corrected chi connectivity index (χ0v) is 8.22. The molecule has 0 fully saturated rings. The normalized spacial score (nSPS) is 10.2. The second-order valence-corrected chi connectivity index (χ2v) is 3.28. The van der Waals surface area contributed by atoms with Gasteiger partial charge in [0.05, 0.1) is 28.7 Å². The van der Waals surface area contributed by atoms with Gasteiger partial charge in [0.1, 0.15) is 0 Å². The van der Waals surface area contributed by atoms with Gasteiger partial charge in [-0.05, 0) is 6.07 Å². The van der Waals surface area contributed by atoms with Crippen molar-refractivity contribution in [2.75, 3.05) is 0 Å². The van der Waals surface area contributed by atoms with E-state index in [0.29, 0.717) is 10.7 Å². The number of halogens is 1. The van der Waals surface area contributed by atoms with E-state index in [9.17, 15) is 4.79 Å². The largest absolute Gasteiger partial charge is 0.478 e. The van der Waals surface area contributed by atoms with Crippen LogP contribution in [0, 0.1) is 0 Å². The summed E-state index contributed by atoms with van der Waals surface area (Å²) in [5.41, 5.74) is 0.668. The number of nitrogens with zero attached hydrogens (tertiary/aromatic N) is 3. The van der Waals surface area contributed by atoms with Gasteiger partial charge in [-0.15, -0.1) is 0 Å². The van der Waals surface area contributed by atoms with Gasteiger partial charge in [0.15, 0.2) is 0 Å². The van der Waals surface area contributed by atoms with E-state index in [1.54, 1.807) is 6.20 Å². The molecule has 0 aromatic carbocycles. The van der Waals surface area contributed by atoms with Gasteiger partial charge in [0.2, 0.25) is 0 Å². The first kappa shape index (κ1) is 9.67. The van der Waals surface area contributed by atoms with Crippen LogP contribution in [0.4, 0.5) is 0 Å². The molecule has 0 unspecified atom stereocenters.